The largest absolute Gasteiger partial charge is 0.299 e. The summed E-state index contributed by atoms with van der Waals surface area (Å²) < 4.78 is 13.2. The molecule has 15 heavy (non-hydrogen) atoms. The van der Waals surface area contributed by atoms with Gasteiger partial charge < -0.3 is 0 Å². The van der Waals surface area contributed by atoms with Gasteiger partial charge in [0.15, 0.2) is 0 Å². The summed E-state index contributed by atoms with van der Waals surface area (Å²) >= 11 is 5.85. The van der Waals surface area contributed by atoms with Gasteiger partial charge in [0, 0.05) is 5.41 Å². The third-order valence-electron chi connectivity index (χ3n) is 3.16. The summed E-state index contributed by atoms with van der Waals surface area (Å²) in [5, 5.41) is 0.157. The predicted molar refractivity (Wildman–Crippen MR) is 57.5 cm³/mol. The highest BCUT2D eigenvalue weighted by Gasteiger charge is 2.47. The second kappa shape index (κ2) is 3.60. The van der Waals surface area contributed by atoms with Crippen molar-refractivity contribution in [3.8, 4) is 0 Å². The first kappa shape index (κ1) is 10.6. The molecule has 0 atom stereocenters. The molecule has 80 valence electrons. The maximum absolute atomic E-state index is 13.2. The molecule has 1 aliphatic rings. The van der Waals surface area contributed by atoms with Gasteiger partial charge in [-0.05, 0) is 37.8 Å². The number of carbonyl (C=O) groups excluding carboxylic acids is 1. The topological polar surface area (TPSA) is 17.1 Å². The Labute approximate surface area is 93.2 Å². The van der Waals surface area contributed by atoms with Gasteiger partial charge >= 0.3 is 0 Å². The minimum Gasteiger partial charge on any atom is -0.299 e. The third kappa shape index (κ3) is 1.91. The summed E-state index contributed by atoms with van der Waals surface area (Å²) in [5.74, 6) is -0.226. The Kier molecular flexibility index (Phi) is 2.55. The van der Waals surface area contributed by atoms with E-state index in [1.807, 2.05) is 0 Å². The van der Waals surface area contributed by atoms with Crippen LogP contribution in [0.25, 0.3) is 0 Å². The zero-order chi connectivity index (χ0) is 11.1. The number of Topliss-reactive ketones (excluding diaryl/α,β-unsaturated/α-hetero) is 1. The van der Waals surface area contributed by atoms with Crippen molar-refractivity contribution in [1.82, 2.24) is 0 Å². The molecule has 1 nitrogen and oxygen atoms in total. The molecule has 0 heterocycles. The lowest BCUT2D eigenvalue weighted by atomic mass is 9.93. The average molecular weight is 227 g/mol. The van der Waals surface area contributed by atoms with Gasteiger partial charge in [0.2, 0.25) is 0 Å². The Balaban J connectivity index is 2.25. The van der Waals surface area contributed by atoms with E-state index in [1.54, 1.807) is 19.1 Å². The van der Waals surface area contributed by atoms with Crippen molar-refractivity contribution < 1.29 is 9.18 Å². The summed E-state index contributed by atoms with van der Waals surface area (Å²) in [7, 11) is 0. The second-order valence-electron chi connectivity index (χ2n) is 4.23. The van der Waals surface area contributed by atoms with Crippen LogP contribution >= 0.6 is 11.6 Å². The molecule has 1 saturated carbocycles. The lowest BCUT2D eigenvalue weighted by Crippen LogP contribution is -2.15. The van der Waals surface area contributed by atoms with E-state index in [2.05, 4.69) is 0 Å². The molecule has 0 N–H and O–H groups in total. The monoisotopic (exact) mass is 226 g/mol. The number of hydrogen-bond acceptors (Lipinski definition) is 1. The molecule has 1 aliphatic carbocycles. The molecule has 0 radical (unpaired) electrons. The number of carbonyl (C=O) groups is 1. The number of hydrogen-bond donors (Lipinski definition) is 0. The molecule has 1 aromatic rings. The summed E-state index contributed by atoms with van der Waals surface area (Å²) in [6.45, 7) is 1.60. The maximum atomic E-state index is 13.2. The maximum Gasteiger partial charge on any atom is 0.142 e. The Morgan fingerprint density at radius 3 is 2.73 bits per heavy atom. The normalized spacial score (nSPS) is 17.5. The third-order valence-corrected chi connectivity index (χ3v) is 3.58. The molecule has 0 bridgehead atoms. The standard InChI is InChI=1S/C12H12ClFO/c1-8(15)12(5-6-12)7-9-3-2-4-10(14)11(9)13/h2-4H,5-7H2,1H3. The summed E-state index contributed by atoms with van der Waals surface area (Å²) in [4.78, 5) is 11.4. The zero-order valence-corrected chi connectivity index (χ0v) is 9.27. The lowest BCUT2D eigenvalue weighted by molar-refractivity contribution is -0.121. The van der Waals surface area contributed by atoms with E-state index >= 15 is 0 Å². The first-order valence-corrected chi connectivity index (χ1v) is 5.37. The number of ketones is 1. The summed E-state index contributed by atoms with van der Waals surface area (Å²) in [5.41, 5.74) is 0.488. The predicted octanol–water partition coefficient (Wildman–Crippen LogP) is 3.39. The van der Waals surface area contributed by atoms with Crippen molar-refractivity contribution in [2.24, 2.45) is 5.41 Å². The molecule has 3 heteroatoms. The van der Waals surface area contributed by atoms with Crippen LogP contribution in [-0.2, 0) is 11.2 Å². The van der Waals surface area contributed by atoms with Gasteiger partial charge in [0.1, 0.15) is 11.6 Å². The van der Waals surface area contributed by atoms with E-state index < -0.39 is 5.82 Å². The second-order valence-corrected chi connectivity index (χ2v) is 4.60. The van der Waals surface area contributed by atoms with Crippen LogP contribution < -0.4 is 0 Å². The SMILES string of the molecule is CC(=O)C1(Cc2cccc(F)c2Cl)CC1. The fourth-order valence-electron chi connectivity index (χ4n) is 1.85. The molecule has 1 fully saturated rings. The average Bonchev–Trinajstić information content (AvgIpc) is 2.94. The Bertz CT molecular complexity index is 410. The zero-order valence-electron chi connectivity index (χ0n) is 8.52. The Morgan fingerprint density at radius 2 is 2.20 bits per heavy atom. The van der Waals surface area contributed by atoms with E-state index in [0.29, 0.717) is 6.42 Å². The minimum absolute atomic E-state index is 0.157. The van der Waals surface area contributed by atoms with E-state index in [4.69, 9.17) is 11.6 Å². The summed E-state index contributed by atoms with van der Waals surface area (Å²) in [6, 6.07) is 4.75. The van der Waals surface area contributed by atoms with Crippen LogP contribution in [0, 0.1) is 11.2 Å². The molecule has 2 rings (SSSR count). The van der Waals surface area contributed by atoms with E-state index in [9.17, 15) is 9.18 Å². The van der Waals surface area contributed by atoms with Gasteiger partial charge in [-0.1, -0.05) is 23.7 Å². The highest BCUT2D eigenvalue weighted by molar-refractivity contribution is 6.31. The van der Waals surface area contributed by atoms with Crippen LogP contribution in [0.5, 0.6) is 0 Å². The Hall–Kier alpha value is -0.890. The molecular weight excluding hydrogens is 215 g/mol. The molecule has 0 aliphatic heterocycles. The van der Waals surface area contributed by atoms with Crippen LogP contribution in [0.4, 0.5) is 4.39 Å². The van der Waals surface area contributed by atoms with Gasteiger partial charge in [-0.25, -0.2) is 4.39 Å². The van der Waals surface area contributed by atoms with Crippen LogP contribution in [-0.4, -0.2) is 5.78 Å². The van der Waals surface area contributed by atoms with E-state index in [-0.39, 0.29) is 16.2 Å². The van der Waals surface area contributed by atoms with Crippen LogP contribution in [0.3, 0.4) is 0 Å². The molecule has 0 spiro atoms. The van der Waals surface area contributed by atoms with Crippen molar-refractivity contribution in [1.29, 1.82) is 0 Å². The van der Waals surface area contributed by atoms with Gasteiger partial charge in [0.25, 0.3) is 0 Å². The lowest BCUT2D eigenvalue weighted by Gasteiger charge is -2.12. The molecule has 1 aromatic carbocycles. The quantitative estimate of drug-likeness (QED) is 0.772. The molecule has 0 saturated heterocycles. The number of halogens is 2. The summed E-state index contributed by atoms with van der Waals surface area (Å²) in [6.07, 6.45) is 2.36. The number of benzene rings is 1. The van der Waals surface area contributed by atoms with Crippen molar-refractivity contribution in [2.75, 3.05) is 0 Å². The smallest absolute Gasteiger partial charge is 0.142 e. The molecule has 0 amide bonds. The van der Waals surface area contributed by atoms with Crippen LogP contribution in [0.1, 0.15) is 25.3 Å². The van der Waals surface area contributed by atoms with Crippen molar-refractivity contribution in [3.63, 3.8) is 0 Å². The molecule has 0 unspecified atom stereocenters. The van der Waals surface area contributed by atoms with Crippen molar-refractivity contribution >= 4 is 17.4 Å². The minimum atomic E-state index is -0.409. The Morgan fingerprint density at radius 1 is 1.53 bits per heavy atom. The van der Waals surface area contributed by atoms with Gasteiger partial charge in [-0.2, -0.15) is 0 Å². The van der Waals surface area contributed by atoms with E-state index in [0.717, 1.165) is 18.4 Å². The van der Waals surface area contributed by atoms with Crippen LogP contribution in [0.15, 0.2) is 18.2 Å². The molecular formula is C12H12ClFO. The van der Waals surface area contributed by atoms with Gasteiger partial charge in [-0.15, -0.1) is 0 Å². The van der Waals surface area contributed by atoms with Crippen molar-refractivity contribution in [2.45, 2.75) is 26.2 Å². The van der Waals surface area contributed by atoms with Gasteiger partial charge in [-0.3, -0.25) is 4.79 Å². The van der Waals surface area contributed by atoms with Crippen LogP contribution in [0.2, 0.25) is 5.02 Å². The fourth-order valence-corrected chi connectivity index (χ4v) is 2.05. The fraction of sp³-hybridized carbons (Fsp3) is 0.417. The number of rotatable bonds is 3. The van der Waals surface area contributed by atoms with Gasteiger partial charge in [0.05, 0.1) is 5.02 Å². The van der Waals surface area contributed by atoms with Crippen molar-refractivity contribution in [3.05, 3.63) is 34.6 Å². The van der Waals surface area contributed by atoms with E-state index in [1.165, 1.54) is 6.07 Å². The highest BCUT2D eigenvalue weighted by Crippen LogP contribution is 2.49. The molecule has 0 aromatic heterocycles. The first-order chi connectivity index (χ1) is 7.05. The highest BCUT2D eigenvalue weighted by atomic mass is 35.5. The first-order valence-electron chi connectivity index (χ1n) is 4.99.